The molecular weight excluding hydrogens is 182 g/mol. The van der Waals surface area contributed by atoms with Crippen molar-refractivity contribution in [3.05, 3.63) is 24.2 Å². The summed E-state index contributed by atoms with van der Waals surface area (Å²) in [5.41, 5.74) is 0. The van der Waals surface area contributed by atoms with Crippen LogP contribution in [0.1, 0.15) is 23.4 Å². The van der Waals surface area contributed by atoms with Gasteiger partial charge in [-0.15, -0.1) is 0 Å². The van der Waals surface area contributed by atoms with Gasteiger partial charge in [0.2, 0.25) is 0 Å². The van der Waals surface area contributed by atoms with Crippen LogP contribution >= 0.6 is 0 Å². The van der Waals surface area contributed by atoms with E-state index in [0.29, 0.717) is 18.7 Å². The molecule has 1 heterocycles. The number of ketones is 1. The third kappa shape index (κ3) is 3.72. The summed E-state index contributed by atoms with van der Waals surface area (Å²) >= 11 is 0. The van der Waals surface area contributed by atoms with Crippen molar-refractivity contribution < 1.29 is 14.3 Å². The Morgan fingerprint density at radius 2 is 2.36 bits per heavy atom. The van der Waals surface area contributed by atoms with Crippen molar-refractivity contribution in [2.24, 2.45) is 0 Å². The summed E-state index contributed by atoms with van der Waals surface area (Å²) in [7, 11) is 0. The van der Waals surface area contributed by atoms with Crippen molar-refractivity contribution in [2.45, 2.75) is 12.8 Å². The Bertz CT molecular complexity index is 256. The molecule has 0 saturated heterocycles. The van der Waals surface area contributed by atoms with Gasteiger partial charge in [0, 0.05) is 19.6 Å². The van der Waals surface area contributed by atoms with Gasteiger partial charge >= 0.3 is 0 Å². The lowest BCUT2D eigenvalue weighted by Crippen LogP contribution is -2.20. The second-order valence-electron chi connectivity index (χ2n) is 2.98. The van der Waals surface area contributed by atoms with Gasteiger partial charge in [-0.1, -0.05) is 0 Å². The molecule has 0 atom stereocenters. The summed E-state index contributed by atoms with van der Waals surface area (Å²) in [6.07, 6.45) is 2.64. The molecule has 2 N–H and O–H groups in total. The number of Topliss-reactive ketones (excluding diaryl/α,β-unsaturated/α-hetero) is 1. The van der Waals surface area contributed by atoms with Crippen molar-refractivity contribution >= 4 is 5.78 Å². The first-order chi connectivity index (χ1) is 6.84. The van der Waals surface area contributed by atoms with Crippen molar-refractivity contribution in [1.82, 2.24) is 5.32 Å². The summed E-state index contributed by atoms with van der Waals surface area (Å²) in [6, 6.07) is 3.36. The predicted octanol–water partition coefficient (Wildman–Crippen LogP) is 0.824. The fourth-order valence-corrected chi connectivity index (χ4v) is 1.09. The van der Waals surface area contributed by atoms with Crippen LogP contribution in [0.3, 0.4) is 0 Å². The maximum Gasteiger partial charge on any atom is 0.199 e. The molecule has 0 aromatic carbocycles. The first kappa shape index (κ1) is 10.9. The lowest BCUT2D eigenvalue weighted by atomic mass is 10.2. The number of aliphatic hydroxyl groups excluding tert-OH is 1. The van der Waals surface area contributed by atoms with E-state index >= 15 is 0 Å². The molecule has 0 aliphatic carbocycles. The highest BCUT2D eigenvalue weighted by atomic mass is 16.3. The number of rotatable bonds is 7. The molecular formula is C10H15NO3. The maximum absolute atomic E-state index is 11.4. The summed E-state index contributed by atoms with van der Waals surface area (Å²) in [6.45, 7) is 1.54. The van der Waals surface area contributed by atoms with E-state index in [0.717, 1.165) is 13.0 Å². The maximum atomic E-state index is 11.4. The SMILES string of the molecule is O=C(CCNCCCO)c1ccco1. The van der Waals surface area contributed by atoms with Gasteiger partial charge in [-0.2, -0.15) is 0 Å². The van der Waals surface area contributed by atoms with Crippen molar-refractivity contribution in [2.75, 3.05) is 19.7 Å². The third-order valence-corrected chi connectivity index (χ3v) is 1.84. The number of furan rings is 1. The van der Waals surface area contributed by atoms with Gasteiger partial charge in [-0.05, 0) is 25.1 Å². The minimum absolute atomic E-state index is 0.00602. The van der Waals surface area contributed by atoms with Gasteiger partial charge in [0.1, 0.15) is 0 Å². The number of aliphatic hydroxyl groups is 1. The molecule has 0 amide bonds. The Morgan fingerprint density at radius 3 is 3.00 bits per heavy atom. The number of carbonyl (C=O) groups is 1. The quantitative estimate of drug-likeness (QED) is 0.502. The van der Waals surface area contributed by atoms with Crippen LogP contribution in [-0.4, -0.2) is 30.6 Å². The summed E-state index contributed by atoms with van der Waals surface area (Å²) in [5, 5.41) is 11.6. The average Bonchev–Trinajstić information content (AvgIpc) is 2.70. The number of nitrogens with one attached hydrogen (secondary N) is 1. The summed E-state index contributed by atoms with van der Waals surface area (Å²) < 4.78 is 4.96. The monoisotopic (exact) mass is 197 g/mol. The Hall–Kier alpha value is -1.13. The van der Waals surface area contributed by atoms with Crippen LogP contribution in [0.4, 0.5) is 0 Å². The third-order valence-electron chi connectivity index (χ3n) is 1.84. The van der Waals surface area contributed by atoms with Gasteiger partial charge < -0.3 is 14.8 Å². The smallest absolute Gasteiger partial charge is 0.199 e. The second-order valence-corrected chi connectivity index (χ2v) is 2.98. The first-order valence-electron chi connectivity index (χ1n) is 4.73. The minimum atomic E-state index is 0.00602. The highest BCUT2D eigenvalue weighted by Crippen LogP contribution is 2.02. The van der Waals surface area contributed by atoms with Crippen LogP contribution in [0, 0.1) is 0 Å². The Kier molecular flexibility index (Phi) is 4.96. The lowest BCUT2D eigenvalue weighted by molar-refractivity contribution is 0.0956. The Morgan fingerprint density at radius 1 is 1.50 bits per heavy atom. The largest absolute Gasteiger partial charge is 0.461 e. The van der Waals surface area contributed by atoms with Crippen LogP contribution in [0.25, 0.3) is 0 Å². The van der Waals surface area contributed by atoms with Crippen LogP contribution in [0.2, 0.25) is 0 Å². The Balaban J connectivity index is 2.10. The zero-order chi connectivity index (χ0) is 10.2. The van der Waals surface area contributed by atoms with Crippen molar-refractivity contribution in [3.63, 3.8) is 0 Å². The van der Waals surface area contributed by atoms with Crippen LogP contribution in [-0.2, 0) is 0 Å². The lowest BCUT2D eigenvalue weighted by Gasteiger charge is -2.01. The summed E-state index contributed by atoms with van der Waals surface area (Å²) in [4.78, 5) is 11.4. The minimum Gasteiger partial charge on any atom is -0.461 e. The number of hydrogen-bond donors (Lipinski definition) is 2. The van der Waals surface area contributed by atoms with E-state index in [-0.39, 0.29) is 12.4 Å². The van der Waals surface area contributed by atoms with E-state index < -0.39 is 0 Å². The van der Waals surface area contributed by atoms with Crippen LogP contribution < -0.4 is 5.32 Å². The molecule has 1 aromatic heterocycles. The van der Waals surface area contributed by atoms with Crippen LogP contribution in [0.5, 0.6) is 0 Å². The topological polar surface area (TPSA) is 62.5 Å². The van der Waals surface area contributed by atoms with E-state index in [1.807, 2.05) is 0 Å². The van der Waals surface area contributed by atoms with E-state index in [4.69, 9.17) is 9.52 Å². The molecule has 0 radical (unpaired) electrons. The number of hydrogen-bond acceptors (Lipinski definition) is 4. The fraction of sp³-hybridized carbons (Fsp3) is 0.500. The van der Waals surface area contributed by atoms with Gasteiger partial charge in [0.15, 0.2) is 11.5 Å². The molecule has 1 aromatic rings. The highest BCUT2D eigenvalue weighted by Gasteiger charge is 2.06. The fourth-order valence-electron chi connectivity index (χ4n) is 1.09. The average molecular weight is 197 g/mol. The predicted molar refractivity (Wildman–Crippen MR) is 52.2 cm³/mol. The molecule has 0 unspecified atom stereocenters. The van der Waals surface area contributed by atoms with Crippen LogP contribution in [0.15, 0.2) is 22.8 Å². The normalized spacial score (nSPS) is 10.4. The molecule has 0 saturated carbocycles. The molecule has 4 nitrogen and oxygen atoms in total. The molecule has 0 spiro atoms. The molecule has 78 valence electrons. The van der Waals surface area contributed by atoms with Gasteiger partial charge in [0.05, 0.1) is 6.26 Å². The molecule has 14 heavy (non-hydrogen) atoms. The zero-order valence-electron chi connectivity index (χ0n) is 8.03. The van der Waals surface area contributed by atoms with Gasteiger partial charge in [-0.25, -0.2) is 0 Å². The van der Waals surface area contributed by atoms with E-state index in [2.05, 4.69) is 5.32 Å². The number of carbonyl (C=O) groups excluding carboxylic acids is 1. The van der Waals surface area contributed by atoms with E-state index in [1.165, 1.54) is 6.26 Å². The molecule has 1 rings (SSSR count). The van der Waals surface area contributed by atoms with Gasteiger partial charge in [0.25, 0.3) is 0 Å². The van der Waals surface area contributed by atoms with Crippen molar-refractivity contribution in [1.29, 1.82) is 0 Å². The highest BCUT2D eigenvalue weighted by molar-refractivity contribution is 5.93. The zero-order valence-corrected chi connectivity index (χ0v) is 8.03. The molecule has 0 bridgehead atoms. The van der Waals surface area contributed by atoms with Crippen molar-refractivity contribution in [3.8, 4) is 0 Å². The second kappa shape index (κ2) is 6.34. The standard InChI is InChI=1S/C10H15NO3/c12-7-2-5-11-6-4-9(13)10-3-1-8-14-10/h1,3,8,11-12H,2,4-7H2. The van der Waals surface area contributed by atoms with Gasteiger partial charge in [-0.3, -0.25) is 4.79 Å². The van der Waals surface area contributed by atoms with E-state index in [9.17, 15) is 4.79 Å². The molecule has 0 aliphatic rings. The van der Waals surface area contributed by atoms with E-state index in [1.54, 1.807) is 12.1 Å². The molecule has 0 aliphatic heterocycles. The molecule has 4 heteroatoms. The first-order valence-corrected chi connectivity index (χ1v) is 4.73. The summed E-state index contributed by atoms with van der Waals surface area (Å²) in [5.74, 6) is 0.417. The Labute approximate surface area is 82.9 Å². The molecule has 0 fully saturated rings.